The van der Waals surface area contributed by atoms with E-state index in [2.05, 4.69) is 20.4 Å². The molecule has 3 N–H and O–H groups in total. The van der Waals surface area contributed by atoms with Crippen molar-refractivity contribution in [1.29, 1.82) is 0 Å². The molecule has 0 aliphatic carbocycles. The lowest BCUT2D eigenvalue weighted by molar-refractivity contribution is 0.627. The smallest absolute Gasteiger partial charge is 0.169 e. The number of nitrogens with one attached hydrogen (secondary N) is 1. The summed E-state index contributed by atoms with van der Waals surface area (Å²) in [6.45, 7) is 0.407. The molecule has 0 saturated carbocycles. The third-order valence-corrected chi connectivity index (χ3v) is 5.47. The molecule has 0 unspecified atom stereocenters. The van der Waals surface area contributed by atoms with Gasteiger partial charge in [-0.25, -0.2) is 14.4 Å². The van der Waals surface area contributed by atoms with Gasteiger partial charge < -0.3 is 11.1 Å². The highest BCUT2D eigenvalue weighted by molar-refractivity contribution is 6.35. The Bertz CT molecular complexity index is 1460. The zero-order valence-corrected chi connectivity index (χ0v) is 18.4. The first-order valence-electron chi connectivity index (χ1n) is 10.2. The first-order valence-corrected chi connectivity index (χ1v) is 10.6. The van der Waals surface area contributed by atoms with E-state index in [1.54, 1.807) is 23.0 Å². The molecule has 0 spiro atoms. The summed E-state index contributed by atoms with van der Waals surface area (Å²) in [5, 5.41) is 9.07. The van der Waals surface area contributed by atoms with Gasteiger partial charge in [0.2, 0.25) is 0 Å². The van der Waals surface area contributed by atoms with Gasteiger partial charge in [0, 0.05) is 36.9 Å². The van der Waals surface area contributed by atoms with Gasteiger partial charge in [0.25, 0.3) is 0 Å². The van der Waals surface area contributed by atoms with E-state index in [4.69, 9.17) is 22.3 Å². The Morgan fingerprint density at radius 3 is 2.64 bits per heavy atom. The van der Waals surface area contributed by atoms with Crippen LogP contribution in [0.5, 0.6) is 0 Å². The summed E-state index contributed by atoms with van der Waals surface area (Å²) in [5.41, 5.74) is 10.4. The fraction of sp³-hybridized carbons (Fsp3) is 0.0833. The number of aromatic nitrogens is 5. The van der Waals surface area contributed by atoms with Crippen LogP contribution in [0.2, 0.25) is 5.02 Å². The maximum atomic E-state index is 13.2. The topological polar surface area (TPSA) is 94.5 Å². The summed E-state index contributed by atoms with van der Waals surface area (Å²) in [6, 6.07) is 15.6. The Morgan fingerprint density at radius 1 is 1.06 bits per heavy atom. The molecule has 2 aromatic carbocycles. The predicted octanol–water partition coefficient (Wildman–Crippen LogP) is 5.08. The van der Waals surface area contributed by atoms with Crippen LogP contribution in [0.1, 0.15) is 5.56 Å². The van der Waals surface area contributed by atoms with Crippen LogP contribution >= 0.6 is 11.6 Å². The van der Waals surface area contributed by atoms with Gasteiger partial charge in [0.05, 0.1) is 10.5 Å². The van der Waals surface area contributed by atoms with E-state index in [0.717, 1.165) is 16.5 Å². The molecule has 0 fully saturated rings. The average molecular weight is 460 g/mol. The molecule has 0 saturated heterocycles. The lowest BCUT2D eigenvalue weighted by Crippen LogP contribution is -2.09. The number of benzene rings is 2. The number of nitrogens with zero attached hydrogens (tertiary/aromatic N) is 5. The van der Waals surface area contributed by atoms with Crippen molar-refractivity contribution < 1.29 is 4.39 Å². The molecule has 0 bridgehead atoms. The van der Waals surface area contributed by atoms with E-state index in [1.807, 2.05) is 43.6 Å². The lowest BCUT2D eigenvalue weighted by atomic mass is 10.0. The van der Waals surface area contributed by atoms with Crippen molar-refractivity contribution in [2.45, 2.75) is 6.54 Å². The summed E-state index contributed by atoms with van der Waals surface area (Å²) in [7, 11) is 1.83. The summed E-state index contributed by atoms with van der Waals surface area (Å²) in [4.78, 5) is 13.8. The largest absolute Gasteiger partial charge is 0.381 e. The van der Waals surface area contributed by atoms with E-state index in [9.17, 15) is 4.39 Å². The zero-order valence-electron chi connectivity index (χ0n) is 17.6. The van der Waals surface area contributed by atoms with Gasteiger partial charge in [0.15, 0.2) is 11.6 Å². The van der Waals surface area contributed by atoms with Crippen molar-refractivity contribution in [3.8, 4) is 22.6 Å². The van der Waals surface area contributed by atoms with E-state index in [1.165, 1.54) is 12.1 Å². The Hall–Kier alpha value is -4.04. The molecule has 0 aliphatic rings. The maximum absolute atomic E-state index is 13.2. The number of nitrogen functional groups attached to an aromatic ring is 1. The van der Waals surface area contributed by atoms with Crippen LogP contribution in [0.3, 0.4) is 0 Å². The standard InChI is InChI=1S/C24H19ClFN7/c1-33-10-8-19(32-33)22-21(16-11-15-3-2-9-28-20(15)18(25)12-16)31-24(23(27)30-22)29-13-14-4-6-17(26)7-5-14/h2-12H,13H2,1H3,(H2,27,30)(H,29,31). The Kier molecular flexibility index (Phi) is 5.35. The maximum Gasteiger partial charge on any atom is 0.169 e. The number of hydrogen-bond acceptors (Lipinski definition) is 6. The van der Waals surface area contributed by atoms with Crippen molar-refractivity contribution in [3.05, 3.63) is 83.4 Å². The van der Waals surface area contributed by atoms with Gasteiger partial charge in [-0.3, -0.25) is 9.67 Å². The molecule has 7 nitrogen and oxygen atoms in total. The second-order valence-corrected chi connectivity index (χ2v) is 7.95. The minimum atomic E-state index is -0.289. The molecule has 3 heterocycles. The van der Waals surface area contributed by atoms with Crippen molar-refractivity contribution in [2.24, 2.45) is 7.05 Å². The summed E-state index contributed by atoms with van der Waals surface area (Å²) in [6.07, 6.45) is 3.53. The summed E-state index contributed by atoms with van der Waals surface area (Å²) in [5.74, 6) is 0.356. The number of halogens is 2. The van der Waals surface area contributed by atoms with E-state index in [-0.39, 0.29) is 11.6 Å². The summed E-state index contributed by atoms with van der Waals surface area (Å²) < 4.78 is 14.9. The first kappa shape index (κ1) is 20.8. The molecular formula is C24H19ClFN7. The van der Waals surface area contributed by atoms with Crippen molar-refractivity contribution in [1.82, 2.24) is 24.7 Å². The van der Waals surface area contributed by atoms with Gasteiger partial charge in [-0.1, -0.05) is 29.8 Å². The second-order valence-electron chi connectivity index (χ2n) is 7.54. The second kappa shape index (κ2) is 8.48. The quantitative estimate of drug-likeness (QED) is 0.380. The van der Waals surface area contributed by atoms with Crippen molar-refractivity contribution in [3.63, 3.8) is 0 Å². The lowest BCUT2D eigenvalue weighted by Gasteiger charge is -2.14. The minimum absolute atomic E-state index is 0.232. The molecular weight excluding hydrogens is 441 g/mol. The average Bonchev–Trinajstić information content (AvgIpc) is 3.25. The van der Waals surface area contributed by atoms with Crippen LogP contribution in [-0.2, 0) is 13.6 Å². The Balaban J connectivity index is 1.62. The molecule has 5 rings (SSSR count). The monoisotopic (exact) mass is 459 g/mol. The molecule has 0 aliphatic heterocycles. The van der Waals surface area contributed by atoms with E-state index in [0.29, 0.717) is 40.0 Å². The molecule has 164 valence electrons. The van der Waals surface area contributed by atoms with E-state index < -0.39 is 0 Å². The van der Waals surface area contributed by atoms with Crippen LogP contribution < -0.4 is 11.1 Å². The van der Waals surface area contributed by atoms with Crippen LogP contribution in [0.25, 0.3) is 33.5 Å². The number of rotatable bonds is 5. The minimum Gasteiger partial charge on any atom is -0.381 e. The van der Waals surface area contributed by atoms with Crippen LogP contribution in [0.15, 0.2) is 67.0 Å². The van der Waals surface area contributed by atoms with Gasteiger partial charge in [-0.2, -0.15) is 5.10 Å². The number of anilines is 2. The van der Waals surface area contributed by atoms with Crippen molar-refractivity contribution in [2.75, 3.05) is 11.1 Å². The molecule has 9 heteroatoms. The number of fused-ring (bicyclic) bond motifs is 1. The number of pyridine rings is 1. The van der Waals surface area contributed by atoms with Gasteiger partial charge in [-0.15, -0.1) is 0 Å². The number of nitrogens with two attached hydrogens (primary N) is 1. The third kappa shape index (κ3) is 4.20. The molecule has 0 radical (unpaired) electrons. The number of hydrogen-bond donors (Lipinski definition) is 2. The SMILES string of the molecule is Cn1ccc(-c2nc(N)c(NCc3ccc(F)cc3)nc2-c2cc(Cl)c3ncccc3c2)n1. The third-order valence-electron chi connectivity index (χ3n) is 5.18. The van der Waals surface area contributed by atoms with Crippen LogP contribution in [0, 0.1) is 5.82 Å². The highest BCUT2D eigenvalue weighted by Crippen LogP contribution is 2.35. The predicted molar refractivity (Wildman–Crippen MR) is 128 cm³/mol. The number of aryl methyl sites for hydroxylation is 1. The fourth-order valence-electron chi connectivity index (χ4n) is 3.57. The molecule has 5 aromatic rings. The molecule has 0 amide bonds. The molecule has 3 aromatic heterocycles. The Labute approximate surface area is 194 Å². The fourth-order valence-corrected chi connectivity index (χ4v) is 3.85. The van der Waals surface area contributed by atoms with Crippen LogP contribution in [-0.4, -0.2) is 24.7 Å². The van der Waals surface area contributed by atoms with Crippen molar-refractivity contribution >= 4 is 34.1 Å². The molecule has 0 atom stereocenters. The normalized spacial score (nSPS) is 11.1. The highest BCUT2D eigenvalue weighted by atomic mass is 35.5. The molecule has 33 heavy (non-hydrogen) atoms. The zero-order chi connectivity index (χ0) is 22.9. The first-order chi connectivity index (χ1) is 16.0. The van der Waals surface area contributed by atoms with Gasteiger partial charge in [0.1, 0.15) is 22.9 Å². The van der Waals surface area contributed by atoms with Gasteiger partial charge in [-0.05, 0) is 42.0 Å². The highest BCUT2D eigenvalue weighted by Gasteiger charge is 2.19. The van der Waals surface area contributed by atoms with E-state index >= 15 is 0 Å². The summed E-state index contributed by atoms with van der Waals surface area (Å²) >= 11 is 6.54. The van der Waals surface area contributed by atoms with Gasteiger partial charge >= 0.3 is 0 Å². The Morgan fingerprint density at radius 2 is 1.88 bits per heavy atom. The van der Waals surface area contributed by atoms with Crippen LogP contribution in [0.4, 0.5) is 16.0 Å².